The molecule has 160 valence electrons. The van der Waals surface area contributed by atoms with E-state index in [0.717, 1.165) is 29.6 Å². The summed E-state index contributed by atoms with van der Waals surface area (Å²) in [5.74, 6) is 0.584. The van der Waals surface area contributed by atoms with Crippen molar-refractivity contribution in [3.8, 4) is 11.3 Å². The number of rotatable bonds is 5. The lowest BCUT2D eigenvalue weighted by molar-refractivity contribution is 0.122. The molecule has 0 N–H and O–H groups in total. The molecule has 4 heterocycles. The fraction of sp³-hybridized carbons (Fsp3) is 0.364. The van der Waals surface area contributed by atoms with Crippen molar-refractivity contribution in [3.05, 3.63) is 47.0 Å². The molecule has 1 aliphatic heterocycles. The molecule has 0 amide bonds. The number of fused-ring (bicyclic) bond motifs is 2. The number of morpholine rings is 1. The van der Waals surface area contributed by atoms with Gasteiger partial charge in [-0.15, -0.1) is 0 Å². The molecule has 0 aliphatic carbocycles. The van der Waals surface area contributed by atoms with E-state index in [-0.39, 0.29) is 5.56 Å². The molecule has 0 radical (unpaired) electrons. The number of aryl methyl sites for hydroxylation is 1. The smallest absolute Gasteiger partial charge is 0.278 e. The zero-order valence-corrected chi connectivity index (χ0v) is 17.6. The summed E-state index contributed by atoms with van der Waals surface area (Å²) >= 11 is 0. The molecule has 0 bridgehead atoms. The number of methoxy groups -OCH3 is 1. The number of benzene rings is 1. The Morgan fingerprint density at radius 3 is 2.77 bits per heavy atom. The summed E-state index contributed by atoms with van der Waals surface area (Å²) in [5.41, 5.74) is 3.14. The monoisotopic (exact) mass is 420 g/mol. The molecule has 0 spiro atoms. The van der Waals surface area contributed by atoms with Crippen molar-refractivity contribution < 1.29 is 9.47 Å². The maximum atomic E-state index is 13.6. The molecule has 3 aromatic heterocycles. The van der Waals surface area contributed by atoms with E-state index in [0.29, 0.717) is 49.2 Å². The van der Waals surface area contributed by atoms with Gasteiger partial charge in [0, 0.05) is 49.9 Å². The topological polar surface area (TPSA) is 87.3 Å². The highest BCUT2D eigenvalue weighted by Gasteiger charge is 2.20. The highest BCUT2D eigenvalue weighted by molar-refractivity contribution is 5.95. The van der Waals surface area contributed by atoms with Gasteiger partial charge >= 0.3 is 0 Å². The van der Waals surface area contributed by atoms with E-state index < -0.39 is 0 Å². The minimum Gasteiger partial charge on any atom is -0.383 e. The van der Waals surface area contributed by atoms with Gasteiger partial charge in [0.2, 0.25) is 5.95 Å². The van der Waals surface area contributed by atoms with Crippen LogP contribution in [-0.2, 0) is 23.1 Å². The van der Waals surface area contributed by atoms with Crippen molar-refractivity contribution in [2.24, 2.45) is 7.05 Å². The SMILES string of the molecule is COCCn1c(=O)c(-c2cn(C)c3ccccc23)nc2cnc(N3CCOCC3)nc21. The zero-order valence-electron chi connectivity index (χ0n) is 17.6. The van der Waals surface area contributed by atoms with Crippen molar-refractivity contribution in [1.29, 1.82) is 0 Å². The third-order valence-electron chi connectivity index (χ3n) is 5.64. The van der Waals surface area contributed by atoms with Gasteiger partial charge in [0.25, 0.3) is 5.56 Å². The molecule has 4 aromatic rings. The molecule has 0 atom stereocenters. The van der Waals surface area contributed by atoms with Gasteiger partial charge < -0.3 is 18.9 Å². The molecular weight excluding hydrogens is 396 g/mol. The Labute approximate surface area is 178 Å². The number of ether oxygens (including phenoxy) is 2. The predicted molar refractivity (Wildman–Crippen MR) is 118 cm³/mol. The van der Waals surface area contributed by atoms with Crippen LogP contribution in [0.3, 0.4) is 0 Å². The maximum absolute atomic E-state index is 13.6. The van der Waals surface area contributed by atoms with E-state index in [1.54, 1.807) is 17.9 Å². The molecule has 1 aliphatic rings. The van der Waals surface area contributed by atoms with Gasteiger partial charge in [0.1, 0.15) is 11.2 Å². The Morgan fingerprint density at radius 2 is 1.97 bits per heavy atom. The van der Waals surface area contributed by atoms with Crippen molar-refractivity contribution in [2.75, 3.05) is 44.9 Å². The summed E-state index contributed by atoms with van der Waals surface area (Å²) in [7, 11) is 3.59. The van der Waals surface area contributed by atoms with E-state index in [9.17, 15) is 4.79 Å². The Hall–Kier alpha value is -3.30. The highest BCUT2D eigenvalue weighted by atomic mass is 16.5. The molecule has 9 heteroatoms. The second-order valence-corrected chi connectivity index (χ2v) is 7.56. The van der Waals surface area contributed by atoms with E-state index in [2.05, 4.69) is 9.88 Å². The molecular formula is C22H24N6O3. The normalized spacial score (nSPS) is 14.6. The first-order valence-electron chi connectivity index (χ1n) is 10.3. The molecule has 1 fully saturated rings. The van der Waals surface area contributed by atoms with Crippen molar-refractivity contribution in [1.82, 2.24) is 24.1 Å². The van der Waals surface area contributed by atoms with Crippen LogP contribution in [0.15, 0.2) is 41.5 Å². The summed E-state index contributed by atoms with van der Waals surface area (Å²) in [6.45, 7) is 3.48. The van der Waals surface area contributed by atoms with E-state index in [1.165, 1.54) is 0 Å². The number of anilines is 1. The zero-order chi connectivity index (χ0) is 21.4. The Morgan fingerprint density at radius 1 is 1.16 bits per heavy atom. The Balaban J connectivity index is 1.71. The van der Waals surface area contributed by atoms with Gasteiger partial charge in [-0.05, 0) is 6.07 Å². The molecule has 0 unspecified atom stereocenters. The van der Waals surface area contributed by atoms with Gasteiger partial charge in [-0.2, -0.15) is 4.98 Å². The van der Waals surface area contributed by atoms with Gasteiger partial charge in [0.05, 0.1) is 32.6 Å². The number of aromatic nitrogens is 5. The lowest BCUT2D eigenvalue weighted by Gasteiger charge is -2.26. The van der Waals surface area contributed by atoms with Gasteiger partial charge in [-0.1, -0.05) is 18.2 Å². The number of nitrogens with zero attached hydrogens (tertiary/aromatic N) is 6. The Bertz CT molecular complexity index is 1310. The summed E-state index contributed by atoms with van der Waals surface area (Å²) in [6.07, 6.45) is 3.65. The molecule has 1 saturated heterocycles. The fourth-order valence-corrected chi connectivity index (χ4v) is 4.04. The van der Waals surface area contributed by atoms with Crippen LogP contribution in [0.2, 0.25) is 0 Å². The van der Waals surface area contributed by atoms with E-state index in [4.69, 9.17) is 19.4 Å². The van der Waals surface area contributed by atoms with Crippen LogP contribution in [-0.4, -0.2) is 64.1 Å². The first-order valence-corrected chi connectivity index (χ1v) is 10.3. The largest absolute Gasteiger partial charge is 0.383 e. The lowest BCUT2D eigenvalue weighted by atomic mass is 10.1. The van der Waals surface area contributed by atoms with Crippen LogP contribution in [0.5, 0.6) is 0 Å². The lowest BCUT2D eigenvalue weighted by Crippen LogP contribution is -2.37. The van der Waals surface area contributed by atoms with Crippen LogP contribution in [0.4, 0.5) is 5.95 Å². The summed E-state index contributed by atoms with van der Waals surface area (Å²) < 4.78 is 14.3. The predicted octanol–water partition coefficient (Wildman–Crippen LogP) is 1.83. The third kappa shape index (κ3) is 3.45. The van der Waals surface area contributed by atoms with Crippen molar-refractivity contribution in [2.45, 2.75) is 6.54 Å². The van der Waals surface area contributed by atoms with Crippen molar-refractivity contribution in [3.63, 3.8) is 0 Å². The second-order valence-electron chi connectivity index (χ2n) is 7.56. The average molecular weight is 420 g/mol. The van der Waals surface area contributed by atoms with Gasteiger partial charge in [-0.25, -0.2) is 9.97 Å². The minimum absolute atomic E-state index is 0.187. The van der Waals surface area contributed by atoms with Crippen LogP contribution in [0.25, 0.3) is 33.3 Å². The summed E-state index contributed by atoms with van der Waals surface area (Å²) in [6, 6.07) is 7.99. The average Bonchev–Trinajstić information content (AvgIpc) is 3.15. The number of para-hydroxylation sites is 1. The van der Waals surface area contributed by atoms with Crippen LogP contribution < -0.4 is 10.5 Å². The molecule has 9 nitrogen and oxygen atoms in total. The quantitative estimate of drug-likeness (QED) is 0.487. The van der Waals surface area contributed by atoms with Gasteiger partial charge in [0.15, 0.2) is 5.65 Å². The maximum Gasteiger partial charge on any atom is 0.278 e. The van der Waals surface area contributed by atoms with Crippen molar-refractivity contribution >= 4 is 28.0 Å². The minimum atomic E-state index is -0.187. The van der Waals surface area contributed by atoms with Gasteiger partial charge in [-0.3, -0.25) is 9.36 Å². The van der Waals surface area contributed by atoms with E-state index in [1.807, 2.05) is 42.1 Å². The van der Waals surface area contributed by atoms with Crippen LogP contribution in [0, 0.1) is 0 Å². The number of hydrogen-bond acceptors (Lipinski definition) is 7. The van der Waals surface area contributed by atoms with Crippen LogP contribution in [0.1, 0.15) is 0 Å². The highest BCUT2D eigenvalue weighted by Crippen LogP contribution is 2.28. The second kappa shape index (κ2) is 8.09. The van der Waals surface area contributed by atoms with Crippen LogP contribution >= 0.6 is 0 Å². The Kier molecular flexibility index (Phi) is 5.13. The molecule has 1 aromatic carbocycles. The third-order valence-corrected chi connectivity index (χ3v) is 5.64. The summed E-state index contributed by atoms with van der Waals surface area (Å²) in [5, 5.41) is 0.984. The standard InChI is InChI=1S/C22H24N6O3/c1-26-14-16(15-5-3-4-6-18(15)26)19-21(29)28(9-10-30-2)20-17(24-19)13-23-22(25-20)27-7-11-31-12-8-27/h3-6,13-14H,7-12H2,1-2H3. The number of hydrogen-bond donors (Lipinski definition) is 0. The first kappa shape index (κ1) is 19.7. The fourth-order valence-electron chi connectivity index (χ4n) is 4.04. The van der Waals surface area contributed by atoms with E-state index >= 15 is 0 Å². The summed E-state index contributed by atoms with van der Waals surface area (Å²) in [4.78, 5) is 29.6. The molecule has 0 saturated carbocycles. The molecule has 5 rings (SSSR count). The molecule has 31 heavy (non-hydrogen) atoms. The first-order chi connectivity index (χ1) is 15.2.